The van der Waals surface area contributed by atoms with Gasteiger partial charge in [-0.3, -0.25) is 0 Å². The van der Waals surface area contributed by atoms with E-state index in [0.29, 0.717) is 5.02 Å². The normalized spacial score (nSPS) is 10.2. The van der Waals surface area contributed by atoms with Crippen LogP contribution in [0.25, 0.3) is 0 Å². The molecule has 0 unspecified atom stereocenters. The van der Waals surface area contributed by atoms with Crippen LogP contribution in [-0.4, -0.2) is 27.9 Å². The number of anilines is 1. The van der Waals surface area contributed by atoms with Crippen molar-refractivity contribution in [3.8, 4) is 5.75 Å². The fourth-order valence-electron chi connectivity index (χ4n) is 1.53. The Kier molecular flexibility index (Phi) is 4.24. The molecule has 1 rings (SSSR count). The number of benzene rings is 1. The van der Waals surface area contributed by atoms with Crippen molar-refractivity contribution in [1.29, 1.82) is 0 Å². The second-order valence-corrected chi connectivity index (χ2v) is 3.89. The summed E-state index contributed by atoms with van der Waals surface area (Å²) in [5.74, 6) is 0.718. The van der Waals surface area contributed by atoms with Gasteiger partial charge in [-0.2, -0.15) is 0 Å². The second kappa shape index (κ2) is 5.24. The molecule has 0 radical (unpaired) electrons. The van der Waals surface area contributed by atoms with Crippen LogP contribution in [0.2, 0.25) is 5.02 Å². The molecule has 1 N–H and O–H groups in total. The monoisotopic (exact) mass is 228 g/mol. The van der Waals surface area contributed by atoms with E-state index in [2.05, 4.69) is 10.2 Å². The Labute approximate surface area is 96.0 Å². The zero-order chi connectivity index (χ0) is 11.4. The zero-order valence-corrected chi connectivity index (χ0v) is 10.4. The van der Waals surface area contributed by atoms with Crippen LogP contribution >= 0.6 is 11.6 Å². The van der Waals surface area contributed by atoms with Crippen LogP contribution in [0.4, 0.5) is 5.69 Å². The molecule has 1 aromatic carbocycles. The van der Waals surface area contributed by atoms with Gasteiger partial charge in [-0.1, -0.05) is 11.6 Å². The molecule has 0 amide bonds. The Morgan fingerprint density at radius 3 is 2.67 bits per heavy atom. The molecular formula is C11H17ClN2O. The first-order chi connectivity index (χ1) is 7.10. The van der Waals surface area contributed by atoms with E-state index >= 15 is 0 Å². The van der Waals surface area contributed by atoms with Crippen molar-refractivity contribution >= 4 is 17.3 Å². The first kappa shape index (κ1) is 12.1. The molecule has 0 saturated carbocycles. The molecular weight excluding hydrogens is 212 g/mol. The largest absolute Gasteiger partial charge is 0.495 e. The second-order valence-electron chi connectivity index (χ2n) is 3.48. The van der Waals surface area contributed by atoms with Crippen LogP contribution in [0.3, 0.4) is 0 Å². The molecule has 0 saturated heterocycles. The Balaban J connectivity index is 3.04. The van der Waals surface area contributed by atoms with Gasteiger partial charge in [0, 0.05) is 12.7 Å². The number of rotatable bonds is 4. The van der Waals surface area contributed by atoms with Crippen molar-refractivity contribution < 1.29 is 4.74 Å². The highest BCUT2D eigenvalue weighted by atomic mass is 35.5. The molecule has 0 spiro atoms. The highest BCUT2D eigenvalue weighted by Gasteiger charge is 2.08. The van der Waals surface area contributed by atoms with E-state index in [9.17, 15) is 0 Å². The summed E-state index contributed by atoms with van der Waals surface area (Å²) in [6.07, 6.45) is 0. The van der Waals surface area contributed by atoms with E-state index in [1.54, 1.807) is 7.11 Å². The van der Waals surface area contributed by atoms with E-state index < -0.39 is 0 Å². The lowest BCUT2D eigenvalue weighted by atomic mass is 10.2. The minimum absolute atomic E-state index is 0.640. The fourth-order valence-corrected chi connectivity index (χ4v) is 1.77. The Morgan fingerprint density at radius 2 is 2.13 bits per heavy atom. The quantitative estimate of drug-likeness (QED) is 0.801. The molecule has 0 atom stereocenters. The summed E-state index contributed by atoms with van der Waals surface area (Å²) in [7, 11) is 5.55. The van der Waals surface area contributed by atoms with Crippen LogP contribution in [0.5, 0.6) is 5.75 Å². The van der Waals surface area contributed by atoms with Gasteiger partial charge in [0.15, 0.2) is 0 Å². The summed E-state index contributed by atoms with van der Waals surface area (Å²) in [5, 5.41) is 3.73. The topological polar surface area (TPSA) is 24.5 Å². The lowest BCUT2D eigenvalue weighted by molar-refractivity contribution is 0.414. The predicted octanol–water partition coefficient (Wildman–Crippen LogP) is 2.27. The maximum atomic E-state index is 6.07. The molecule has 0 aliphatic carbocycles. The summed E-state index contributed by atoms with van der Waals surface area (Å²) < 4.78 is 5.15. The third kappa shape index (κ3) is 2.76. The van der Waals surface area contributed by atoms with Crippen molar-refractivity contribution in [1.82, 2.24) is 5.32 Å². The van der Waals surface area contributed by atoms with Crippen molar-refractivity contribution in [3.05, 3.63) is 22.7 Å². The van der Waals surface area contributed by atoms with Gasteiger partial charge in [0.25, 0.3) is 0 Å². The molecule has 3 nitrogen and oxygen atoms in total. The number of hydrogen-bond donors (Lipinski definition) is 1. The van der Waals surface area contributed by atoms with Gasteiger partial charge in [0.1, 0.15) is 5.75 Å². The van der Waals surface area contributed by atoms with Gasteiger partial charge in [0.2, 0.25) is 0 Å². The molecule has 15 heavy (non-hydrogen) atoms. The Morgan fingerprint density at radius 1 is 1.47 bits per heavy atom. The van der Waals surface area contributed by atoms with Crippen LogP contribution in [0, 0.1) is 6.92 Å². The van der Waals surface area contributed by atoms with Crippen LogP contribution in [0.1, 0.15) is 5.56 Å². The molecule has 0 heterocycles. The lowest BCUT2D eigenvalue weighted by Gasteiger charge is -2.21. The SMILES string of the molecule is CNCN(C)c1cc(Cl)c(OC)cc1C. The van der Waals surface area contributed by atoms with Crippen molar-refractivity contribution in [2.75, 3.05) is 32.8 Å². The van der Waals surface area contributed by atoms with Crippen molar-refractivity contribution in [2.45, 2.75) is 6.92 Å². The highest BCUT2D eigenvalue weighted by molar-refractivity contribution is 6.32. The summed E-state index contributed by atoms with van der Waals surface area (Å²) in [6, 6.07) is 3.87. The molecule has 0 bridgehead atoms. The number of halogens is 1. The molecule has 4 heteroatoms. The van der Waals surface area contributed by atoms with Gasteiger partial charge in [0.05, 0.1) is 18.8 Å². The Hall–Kier alpha value is -0.930. The molecule has 84 valence electrons. The fraction of sp³-hybridized carbons (Fsp3) is 0.455. The molecule has 1 aromatic rings. The minimum Gasteiger partial charge on any atom is -0.495 e. The number of aryl methyl sites for hydroxylation is 1. The lowest BCUT2D eigenvalue weighted by Crippen LogP contribution is -2.28. The van der Waals surface area contributed by atoms with Crippen molar-refractivity contribution in [3.63, 3.8) is 0 Å². The summed E-state index contributed by atoms with van der Waals surface area (Å²) in [4.78, 5) is 2.10. The van der Waals surface area contributed by atoms with Gasteiger partial charge in [-0.25, -0.2) is 0 Å². The van der Waals surface area contributed by atoms with Crippen molar-refractivity contribution in [2.24, 2.45) is 0 Å². The van der Waals surface area contributed by atoms with Crippen LogP contribution in [0.15, 0.2) is 12.1 Å². The maximum absolute atomic E-state index is 6.07. The molecule has 0 aliphatic rings. The number of nitrogens with one attached hydrogen (secondary N) is 1. The minimum atomic E-state index is 0.640. The highest BCUT2D eigenvalue weighted by Crippen LogP contribution is 2.31. The zero-order valence-electron chi connectivity index (χ0n) is 9.60. The standard InChI is InChI=1S/C11H17ClN2O/c1-8-5-11(15-4)9(12)6-10(8)14(3)7-13-2/h5-6,13H,7H2,1-4H3. The van der Waals surface area contributed by atoms with E-state index in [1.165, 1.54) is 0 Å². The van der Waals surface area contributed by atoms with Gasteiger partial charge < -0.3 is 15.0 Å². The van der Waals surface area contributed by atoms with E-state index in [0.717, 1.165) is 23.7 Å². The maximum Gasteiger partial charge on any atom is 0.137 e. The number of methoxy groups -OCH3 is 1. The smallest absolute Gasteiger partial charge is 0.137 e. The summed E-state index contributed by atoms with van der Waals surface area (Å²) in [6.45, 7) is 2.82. The van der Waals surface area contributed by atoms with Gasteiger partial charge in [-0.05, 0) is 31.7 Å². The third-order valence-corrected chi connectivity index (χ3v) is 2.57. The molecule has 0 aliphatic heterocycles. The van der Waals surface area contributed by atoms with E-state index in [4.69, 9.17) is 16.3 Å². The number of nitrogens with zero attached hydrogens (tertiary/aromatic N) is 1. The predicted molar refractivity (Wildman–Crippen MR) is 65.1 cm³/mol. The third-order valence-electron chi connectivity index (χ3n) is 2.28. The summed E-state index contributed by atoms with van der Waals surface area (Å²) >= 11 is 6.07. The average Bonchev–Trinajstić information content (AvgIpc) is 2.21. The van der Waals surface area contributed by atoms with Gasteiger partial charge in [-0.15, -0.1) is 0 Å². The Bertz CT molecular complexity index is 342. The van der Waals surface area contributed by atoms with Crippen LogP contribution < -0.4 is 15.0 Å². The first-order valence-corrected chi connectivity index (χ1v) is 5.17. The molecule has 0 fully saturated rings. The average molecular weight is 229 g/mol. The number of hydrogen-bond acceptors (Lipinski definition) is 3. The molecule has 0 aromatic heterocycles. The van der Waals surface area contributed by atoms with E-state index in [-0.39, 0.29) is 0 Å². The summed E-state index contributed by atoms with van der Waals surface area (Å²) in [5.41, 5.74) is 2.25. The van der Waals surface area contributed by atoms with Crippen LogP contribution in [-0.2, 0) is 0 Å². The van der Waals surface area contributed by atoms with Gasteiger partial charge >= 0.3 is 0 Å². The van der Waals surface area contributed by atoms with E-state index in [1.807, 2.05) is 33.2 Å². The number of ether oxygens (including phenoxy) is 1. The first-order valence-electron chi connectivity index (χ1n) is 4.80.